The Kier molecular flexibility index (Phi) is 8.82. The van der Waals surface area contributed by atoms with E-state index >= 15 is 0 Å². The van der Waals surface area contributed by atoms with Gasteiger partial charge in [-0.25, -0.2) is 4.99 Å². The zero-order chi connectivity index (χ0) is 20.4. The predicted molar refractivity (Wildman–Crippen MR) is 118 cm³/mol. The summed E-state index contributed by atoms with van der Waals surface area (Å²) in [6, 6.07) is 15.0. The molecule has 0 aliphatic carbocycles. The molecule has 0 atom stereocenters. The highest BCUT2D eigenvalue weighted by molar-refractivity contribution is 5.79. The summed E-state index contributed by atoms with van der Waals surface area (Å²) >= 11 is 0. The zero-order valence-corrected chi connectivity index (χ0v) is 17.9. The molecular weight excluding hydrogens is 348 g/mol. The molecule has 2 aromatic rings. The van der Waals surface area contributed by atoms with Gasteiger partial charge >= 0.3 is 0 Å². The molecule has 0 amide bonds. The van der Waals surface area contributed by atoms with Gasteiger partial charge in [-0.2, -0.15) is 0 Å². The molecule has 0 aromatic heterocycles. The van der Waals surface area contributed by atoms with Crippen molar-refractivity contribution >= 4 is 5.96 Å². The van der Waals surface area contributed by atoms with E-state index in [1.807, 2.05) is 0 Å². The Morgan fingerprint density at radius 2 is 1.68 bits per heavy atom. The lowest BCUT2D eigenvalue weighted by atomic mass is 10.1. The maximum absolute atomic E-state index is 5.41. The van der Waals surface area contributed by atoms with Crippen LogP contribution in [0.1, 0.15) is 29.2 Å². The molecule has 2 aromatic carbocycles. The van der Waals surface area contributed by atoms with Crippen molar-refractivity contribution in [3.8, 4) is 5.75 Å². The van der Waals surface area contributed by atoms with E-state index in [1.165, 1.54) is 16.7 Å². The number of nitrogens with zero attached hydrogens (tertiary/aromatic N) is 2. The van der Waals surface area contributed by atoms with Crippen LogP contribution in [-0.2, 0) is 19.5 Å². The van der Waals surface area contributed by atoms with Crippen LogP contribution in [0.2, 0.25) is 0 Å². The molecule has 5 nitrogen and oxygen atoms in total. The number of hydrogen-bond donors (Lipinski definition) is 2. The molecule has 28 heavy (non-hydrogen) atoms. The number of aliphatic imine (C=N–C) groups is 1. The summed E-state index contributed by atoms with van der Waals surface area (Å²) < 4.78 is 5.41. The molecular formula is C23H34N4O. The van der Waals surface area contributed by atoms with Crippen molar-refractivity contribution in [3.05, 3.63) is 64.7 Å². The highest BCUT2D eigenvalue weighted by atomic mass is 16.5. The molecule has 0 saturated heterocycles. The van der Waals surface area contributed by atoms with E-state index in [0.717, 1.165) is 43.3 Å². The van der Waals surface area contributed by atoms with E-state index in [0.29, 0.717) is 6.54 Å². The van der Waals surface area contributed by atoms with Gasteiger partial charge in [-0.15, -0.1) is 0 Å². The van der Waals surface area contributed by atoms with E-state index in [1.54, 1.807) is 7.11 Å². The summed E-state index contributed by atoms with van der Waals surface area (Å²) in [6.45, 7) is 7.42. The van der Waals surface area contributed by atoms with Crippen molar-refractivity contribution < 1.29 is 4.74 Å². The van der Waals surface area contributed by atoms with Gasteiger partial charge in [0, 0.05) is 19.6 Å². The number of ether oxygens (including phenoxy) is 1. The minimum atomic E-state index is 0.663. The number of methoxy groups -OCH3 is 1. The first-order valence-corrected chi connectivity index (χ1v) is 9.90. The third kappa shape index (κ3) is 7.24. The Balaban J connectivity index is 1.89. The number of rotatable bonds is 9. The van der Waals surface area contributed by atoms with E-state index in [2.05, 4.69) is 85.9 Å². The third-order valence-corrected chi connectivity index (χ3v) is 4.46. The van der Waals surface area contributed by atoms with Crippen LogP contribution in [-0.4, -0.2) is 45.2 Å². The lowest BCUT2D eigenvalue weighted by molar-refractivity contribution is 0.402. The summed E-state index contributed by atoms with van der Waals surface area (Å²) in [6.07, 6.45) is 0.917. The second-order valence-corrected chi connectivity index (χ2v) is 7.23. The SMILES string of the molecule is CCNC(=NCc1ccc(CN(C)C)cc1)NCCc1ccc(C)c(OC)c1. The van der Waals surface area contributed by atoms with Gasteiger partial charge in [-0.05, 0) is 62.7 Å². The Morgan fingerprint density at radius 3 is 2.32 bits per heavy atom. The van der Waals surface area contributed by atoms with Crippen molar-refractivity contribution in [1.29, 1.82) is 0 Å². The summed E-state index contributed by atoms with van der Waals surface area (Å²) in [5, 5.41) is 6.74. The molecule has 0 unspecified atom stereocenters. The maximum Gasteiger partial charge on any atom is 0.191 e. The van der Waals surface area contributed by atoms with Crippen molar-refractivity contribution in [2.75, 3.05) is 34.3 Å². The molecule has 0 aliphatic rings. The number of aryl methyl sites for hydroxylation is 1. The molecule has 2 rings (SSSR count). The van der Waals surface area contributed by atoms with Crippen LogP contribution < -0.4 is 15.4 Å². The number of guanidine groups is 1. The van der Waals surface area contributed by atoms with Crippen LogP contribution >= 0.6 is 0 Å². The largest absolute Gasteiger partial charge is 0.496 e. The number of nitrogens with one attached hydrogen (secondary N) is 2. The van der Waals surface area contributed by atoms with E-state index in [-0.39, 0.29) is 0 Å². The Bertz CT molecular complexity index is 754. The summed E-state index contributed by atoms with van der Waals surface area (Å²) in [5.74, 6) is 1.79. The number of benzene rings is 2. The van der Waals surface area contributed by atoms with Gasteiger partial charge in [-0.3, -0.25) is 0 Å². The second-order valence-electron chi connectivity index (χ2n) is 7.23. The summed E-state index contributed by atoms with van der Waals surface area (Å²) in [4.78, 5) is 6.88. The van der Waals surface area contributed by atoms with Crippen molar-refractivity contribution in [3.63, 3.8) is 0 Å². The Hall–Kier alpha value is -2.53. The molecule has 0 bridgehead atoms. The topological polar surface area (TPSA) is 48.9 Å². The van der Waals surface area contributed by atoms with Crippen LogP contribution in [0.15, 0.2) is 47.5 Å². The van der Waals surface area contributed by atoms with Gasteiger partial charge in [0.2, 0.25) is 0 Å². The van der Waals surface area contributed by atoms with Crippen molar-refractivity contribution in [1.82, 2.24) is 15.5 Å². The predicted octanol–water partition coefficient (Wildman–Crippen LogP) is 3.36. The third-order valence-electron chi connectivity index (χ3n) is 4.46. The Labute approximate surface area is 169 Å². The van der Waals surface area contributed by atoms with Crippen LogP contribution in [0, 0.1) is 6.92 Å². The highest BCUT2D eigenvalue weighted by Gasteiger charge is 2.02. The maximum atomic E-state index is 5.41. The van der Waals surface area contributed by atoms with E-state index < -0.39 is 0 Å². The van der Waals surface area contributed by atoms with Gasteiger partial charge in [0.15, 0.2) is 5.96 Å². The van der Waals surface area contributed by atoms with Gasteiger partial charge in [0.05, 0.1) is 13.7 Å². The van der Waals surface area contributed by atoms with E-state index in [9.17, 15) is 0 Å². The monoisotopic (exact) mass is 382 g/mol. The zero-order valence-electron chi connectivity index (χ0n) is 17.9. The molecule has 0 radical (unpaired) electrons. The molecule has 152 valence electrons. The van der Waals surface area contributed by atoms with Crippen molar-refractivity contribution in [2.24, 2.45) is 4.99 Å². The molecule has 0 heterocycles. The van der Waals surface area contributed by atoms with Crippen LogP contribution in [0.5, 0.6) is 5.75 Å². The quantitative estimate of drug-likeness (QED) is 0.516. The van der Waals surface area contributed by atoms with Gasteiger partial charge in [0.1, 0.15) is 5.75 Å². The molecule has 2 N–H and O–H groups in total. The van der Waals surface area contributed by atoms with Gasteiger partial charge in [-0.1, -0.05) is 36.4 Å². The Morgan fingerprint density at radius 1 is 1.00 bits per heavy atom. The molecule has 0 fully saturated rings. The molecule has 0 saturated carbocycles. The molecule has 5 heteroatoms. The molecule has 0 aliphatic heterocycles. The lowest BCUT2D eigenvalue weighted by Gasteiger charge is -2.13. The first kappa shape index (κ1) is 21.8. The van der Waals surface area contributed by atoms with E-state index in [4.69, 9.17) is 9.73 Å². The minimum absolute atomic E-state index is 0.663. The fourth-order valence-corrected chi connectivity index (χ4v) is 2.97. The minimum Gasteiger partial charge on any atom is -0.496 e. The van der Waals surface area contributed by atoms with Crippen LogP contribution in [0.25, 0.3) is 0 Å². The first-order valence-electron chi connectivity index (χ1n) is 9.90. The first-order chi connectivity index (χ1) is 13.5. The normalized spacial score (nSPS) is 11.6. The molecule has 0 spiro atoms. The second kappa shape index (κ2) is 11.3. The number of hydrogen-bond acceptors (Lipinski definition) is 3. The van der Waals surface area contributed by atoms with Crippen LogP contribution in [0.4, 0.5) is 0 Å². The standard InChI is InChI=1S/C23H34N4O/c1-6-24-23(25-14-13-19-8-7-18(2)22(15-19)28-5)26-16-20-9-11-21(12-10-20)17-27(3)4/h7-12,15H,6,13-14,16-17H2,1-5H3,(H2,24,25,26). The summed E-state index contributed by atoms with van der Waals surface area (Å²) in [7, 11) is 5.88. The fourth-order valence-electron chi connectivity index (χ4n) is 2.97. The average molecular weight is 383 g/mol. The van der Waals surface area contributed by atoms with Crippen LogP contribution in [0.3, 0.4) is 0 Å². The highest BCUT2D eigenvalue weighted by Crippen LogP contribution is 2.19. The lowest BCUT2D eigenvalue weighted by Crippen LogP contribution is -2.38. The fraction of sp³-hybridized carbons (Fsp3) is 0.435. The van der Waals surface area contributed by atoms with Gasteiger partial charge in [0.25, 0.3) is 0 Å². The summed E-state index contributed by atoms with van der Waals surface area (Å²) in [5.41, 5.74) is 4.94. The van der Waals surface area contributed by atoms with Gasteiger partial charge < -0.3 is 20.3 Å². The van der Waals surface area contributed by atoms with Crippen molar-refractivity contribution in [2.45, 2.75) is 33.4 Å². The smallest absolute Gasteiger partial charge is 0.191 e. The average Bonchev–Trinajstić information content (AvgIpc) is 2.68.